The van der Waals surface area contributed by atoms with E-state index in [9.17, 15) is 4.79 Å². The predicted molar refractivity (Wildman–Crippen MR) is 59.4 cm³/mol. The van der Waals surface area contributed by atoms with Gasteiger partial charge in [0.25, 0.3) is 5.91 Å². The van der Waals surface area contributed by atoms with Crippen molar-refractivity contribution >= 4 is 28.9 Å². The first-order valence-corrected chi connectivity index (χ1v) is 5.09. The summed E-state index contributed by atoms with van der Waals surface area (Å²) in [6, 6.07) is 9.49. The Bertz CT molecular complexity index is 440. The fraction of sp³-hybridized carbons (Fsp3) is 0. The monoisotopic (exact) mass is 220 g/mol. The molecule has 0 aliphatic carbocycles. The van der Waals surface area contributed by atoms with Gasteiger partial charge in [-0.25, -0.2) is 0 Å². The second-order valence-electron chi connectivity index (χ2n) is 2.88. The molecule has 0 saturated carbocycles. The lowest BCUT2D eigenvalue weighted by atomic mass is 10.2. The molecule has 2 rings (SSSR count). The molecule has 1 aliphatic rings. The SMILES string of the molecule is O=C1N/C(=N/O)S/C1=C/c1ccccc1. The van der Waals surface area contributed by atoms with Gasteiger partial charge >= 0.3 is 0 Å². The van der Waals surface area contributed by atoms with Gasteiger partial charge in [0.05, 0.1) is 4.91 Å². The Kier molecular flexibility index (Phi) is 2.73. The predicted octanol–water partition coefficient (Wildman–Crippen LogP) is 1.64. The van der Waals surface area contributed by atoms with Gasteiger partial charge in [-0.15, -0.1) is 0 Å². The highest BCUT2D eigenvalue weighted by molar-refractivity contribution is 8.18. The Labute approximate surface area is 90.7 Å². The molecule has 1 amide bonds. The maximum Gasteiger partial charge on any atom is 0.264 e. The van der Waals surface area contributed by atoms with Crippen LogP contribution in [0, 0.1) is 0 Å². The van der Waals surface area contributed by atoms with Crippen LogP contribution in [-0.2, 0) is 4.79 Å². The first kappa shape index (κ1) is 9.79. The van der Waals surface area contributed by atoms with Crippen molar-refractivity contribution in [3.8, 4) is 0 Å². The minimum atomic E-state index is -0.239. The number of benzene rings is 1. The van der Waals surface area contributed by atoms with E-state index in [-0.39, 0.29) is 11.1 Å². The molecule has 0 bridgehead atoms. The summed E-state index contributed by atoms with van der Waals surface area (Å²) in [6.07, 6.45) is 1.75. The molecule has 0 atom stereocenters. The maximum absolute atomic E-state index is 11.4. The fourth-order valence-electron chi connectivity index (χ4n) is 1.18. The highest BCUT2D eigenvalue weighted by atomic mass is 32.2. The Balaban J connectivity index is 2.26. The van der Waals surface area contributed by atoms with Crippen LogP contribution in [-0.4, -0.2) is 16.3 Å². The summed E-state index contributed by atoms with van der Waals surface area (Å²) in [5.41, 5.74) is 0.939. The van der Waals surface area contributed by atoms with Crippen molar-refractivity contribution in [2.45, 2.75) is 0 Å². The number of hydrogen-bond acceptors (Lipinski definition) is 4. The minimum absolute atomic E-state index is 0.210. The van der Waals surface area contributed by atoms with Gasteiger partial charge in [0.15, 0.2) is 0 Å². The van der Waals surface area contributed by atoms with E-state index in [2.05, 4.69) is 10.5 Å². The van der Waals surface area contributed by atoms with Crippen LogP contribution < -0.4 is 5.32 Å². The third-order valence-corrected chi connectivity index (χ3v) is 2.74. The van der Waals surface area contributed by atoms with Gasteiger partial charge in [0.1, 0.15) is 0 Å². The summed E-state index contributed by atoms with van der Waals surface area (Å²) in [7, 11) is 0. The highest BCUT2D eigenvalue weighted by Gasteiger charge is 2.23. The number of amidine groups is 1. The summed E-state index contributed by atoms with van der Waals surface area (Å²) < 4.78 is 0. The number of rotatable bonds is 1. The summed E-state index contributed by atoms with van der Waals surface area (Å²) in [4.78, 5) is 11.9. The first-order chi connectivity index (χ1) is 7.29. The van der Waals surface area contributed by atoms with Gasteiger partial charge < -0.3 is 5.21 Å². The van der Waals surface area contributed by atoms with Crippen molar-refractivity contribution in [1.82, 2.24) is 5.32 Å². The Morgan fingerprint density at radius 1 is 1.33 bits per heavy atom. The van der Waals surface area contributed by atoms with Gasteiger partial charge in [0.2, 0.25) is 5.17 Å². The van der Waals surface area contributed by atoms with Crippen LogP contribution in [0.25, 0.3) is 6.08 Å². The van der Waals surface area contributed by atoms with E-state index in [0.717, 1.165) is 17.3 Å². The number of carbonyl (C=O) groups is 1. The average Bonchev–Trinajstić information content (AvgIpc) is 2.61. The van der Waals surface area contributed by atoms with E-state index >= 15 is 0 Å². The van der Waals surface area contributed by atoms with E-state index in [1.807, 2.05) is 30.3 Å². The number of nitrogens with zero attached hydrogens (tertiary/aromatic N) is 1. The standard InChI is InChI=1S/C10H8N2O2S/c13-9-8(15-10(11-9)12-14)6-7-4-2-1-3-5-7/h1-6,14H,(H,11,12,13)/b8-6+. The number of amides is 1. The van der Waals surface area contributed by atoms with Crippen LogP contribution >= 0.6 is 11.8 Å². The van der Waals surface area contributed by atoms with Crippen LogP contribution in [0.4, 0.5) is 0 Å². The second-order valence-corrected chi connectivity index (χ2v) is 3.91. The molecule has 1 aromatic rings. The lowest BCUT2D eigenvalue weighted by Crippen LogP contribution is -2.19. The molecule has 0 radical (unpaired) electrons. The average molecular weight is 220 g/mol. The summed E-state index contributed by atoms with van der Waals surface area (Å²) >= 11 is 1.11. The van der Waals surface area contributed by atoms with Crippen molar-refractivity contribution in [1.29, 1.82) is 0 Å². The fourth-order valence-corrected chi connectivity index (χ4v) is 1.91. The van der Waals surface area contributed by atoms with Gasteiger partial charge in [-0.05, 0) is 23.4 Å². The van der Waals surface area contributed by atoms with Crippen LogP contribution in [0.2, 0.25) is 0 Å². The van der Waals surface area contributed by atoms with Crippen LogP contribution in [0.1, 0.15) is 5.56 Å². The molecule has 1 saturated heterocycles. The molecule has 1 fully saturated rings. The topological polar surface area (TPSA) is 61.7 Å². The largest absolute Gasteiger partial charge is 0.409 e. The van der Waals surface area contributed by atoms with E-state index in [0.29, 0.717) is 4.91 Å². The molecule has 0 unspecified atom stereocenters. The van der Waals surface area contributed by atoms with Crippen molar-refractivity contribution in [3.05, 3.63) is 40.8 Å². The normalized spacial score (nSPS) is 20.9. The molecule has 0 aromatic heterocycles. The van der Waals surface area contributed by atoms with E-state index in [4.69, 9.17) is 5.21 Å². The van der Waals surface area contributed by atoms with Gasteiger partial charge in [-0.1, -0.05) is 35.5 Å². The van der Waals surface area contributed by atoms with E-state index in [1.165, 1.54) is 0 Å². The third-order valence-electron chi connectivity index (χ3n) is 1.84. The van der Waals surface area contributed by atoms with Crippen LogP contribution in [0.5, 0.6) is 0 Å². The lowest BCUT2D eigenvalue weighted by molar-refractivity contribution is -0.115. The van der Waals surface area contributed by atoms with E-state index in [1.54, 1.807) is 6.08 Å². The summed E-state index contributed by atoms with van der Waals surface area (Å²) in [5.74, 6) is -0.239. The molecule has 2 N–H and O–H groups in total. The van der Waals surface area contributed by atoms with Gasteiger partial charge in [0, 0.05) is 0 Å². The first-order valence-electron chi connectivity index (χ1n) is 4.27. The Hall–Kier alpha value is -1.75. The number of oxime groups is 1. The zero-order chi connectivity index (χ0) is 10.7. The molecule has 76 valence electrons. The minimum Gasteiger partial charge on any atom is -0.409 e. The zero-order valence-electron chi connectivity index (χ0n) is 7.68. The van der Waals surface area contributed by atoms with Crippen molar-refractivity contribution in [3.63, 3.8) is 0 Å². The number of thioether (sulfide) groups is 1. The van der Waals surface area contributed by atoms with E-state index < -0.39 is 0 Å². The number of hydrogen-bond donors (Lipinski definition) is 2. The molecule has 1 aromatic carbocycles. The molecule has 15 heavy (non-hydrogen) atoms. The number of nitrogens with one attached hydrogen (secondary N) is 1. The van der Waals surface area contributed by atoms with Gasteiger partial charge in [-0.2, -0.15) is 0 Å². The second kappa shape index (κ2) is 4.18. The summed E-state index contributed by atoms with van der Waals surface area (Å²) in [6.45, 7) is 0. The smallest absolute Gasteiger partial charge is 0.264 e. The highest BCUT2D eigenvalue weighted by Crippen LogP contribution is 2.25. The molecule has 1 heterocycles. The third kappa shape index (κ3) is 2.19. The molecular formula is C10H8N2O2S. The Morgan fingerprint density at radius 3 is 2.67 bits per heavy atom. The summed E-state index contributed by atoms with van der Waals surface area (Å²) in [5, 5.41) is 14.1. The van der Waals surface area contributed by atoms with Crippen molar-refractivity contribution < 1.29 is 10.0 Å². The lowest BCUT2D eigenvalue weighted by Gasteiger charge is -1.92. The maximum atomic E-state index is 11.4. The quantitative estimate of drug-likeness (QED) is 0.429. The van der Waals surface area contributed by atoms with Crippen LogP contribution in [0.3, 0.4) is 0 Å². The van der Waals surface area contributed by atoms with Gasteiger partial charge in [-0.3, -0.25) is 10.1 Å². The zero-order valence-corrected chi connectivity index (χ0v) is 8.49. The Morgan fingerprint density at radius 2 is 2.07 bits per heavy atom. The molecule has 5 heteroatoms. The molecular weight excluding hydrogens is 212 g/mol. The van der Waals surface area contributed by atoms with Crippen molar-refractivity contribution in [2.75, 3.05) is 0 Å². The van der Waals surface area contributed by atoms with Crippen molar-refractivity contribution in [2.24, 2.45) is 5.16 Å². The van der Waals surface area contributed by atoms with Crippen LogP contribution in [0.15, 0.2) is 40.4 Å². The molecule has 1 aliphatic heterocycles. The molecule has 4 nitrogen and oxygen atoms in total. The number of carbonyl (C=O) groups excluding carboxylic acids is 1. The molecule has 0 spiro atoms.